The molecule has 6 heteroatoms. The highest BCUT2D eigenvalue weighted by molar-refractivity contribution is 8.00. The lowest BCUT2D eigenvalue weighted by atomic mass is 9.86. The summed E-state index contributed by atoms with van der Waals surface area (Å²) in [6, 6.07) is 0.454. The first-order valence-electron chi connectivity index (χ1n) is 14.2. The van der Waals surface area contributed by atoms with Crippen LogP contribution >= 0.6 is 11.8 Å². The standard InChI is InChI=1S/C28H51N3O2S/c1-21(32)29-17-16-24-26(22-13-10-8-6-5-7-9-11-14-22)34-27(30-24)23-15-12-18-31(20-23)25(33)19-28(2,3)4/h22-24,26-27,30H,5-20H2,1-4H3,(H,29,32). The number of thioether (sulfide) groups is 1. The molecule has 0 spiro atoms. The van der Waals surface area contributed by atoms with E-state index in [1.807, 2.05) is 0 Å². The maximum atomic E-state index is 12.9. The lowest BCUT2D eigenvalue weighted by molar-refractivity contribution is -0.135. The number of carbonyl (C=O) groups is 2. The third-order valence-electron chi connectivity index (χ3n) is 7.94. The molecule has 0 radical (unpaired) electrons. The summed E-state index contributed by atoms with van der Waals surface area (Å²) < 4.78 is 0. The van der Waals surface area contributed by atoms with Crippen LogP contribution in [0.2, 0.25) is 0 Å². The van der Waals surface area contributed by atoms with Crippen molar-refractivity contribution in [1.29, 1.82) is 0 Å². The van der Waals surface area contributed by atoms with Crippen molar-refractivity contribution in [3.8, 4) is 0 Å². The summed E-state index contributed by atoms with van der Waals surface area (Å²) in [7, 11) is 0. The average molecular weight is 494 g/mol. The van der Waals surface area contributed by atoms with Crippen LogP contribution in [0, 0.1) is 17.3 Å². The second kappa shape index (κ2) is 13.5. The van der Waals surface area contributed by atoms with Gasteiger partial charge in [-0.05, 0) is 43.4 Å². The van der Waals surface area contributed by atoms with Gasteiger partial charge in [-0.3, -0.25) is 9.59 Å². The summed E-state index contributed by atoms with van der Waals surface area (Å²) in [6.45, 7) is 10.7. The summed E-state index contributed by atoms with van der Waals surface area (Å²) in [5.41, 5.74) is 0.0418. The van der Waals surface area contributed by atoms with Gasteiger partial charge in [0.05, 0.1) is 5.37 Å². The molecule has 2 heterocycles. The van der Waals surface area contributed by atoms with Crippen LogP contribution in [-0.2, 0) is 9.59 Å². The molecule has 3 aliphatic rings. The van der Waals surface area contributed by atoms with Crippen LogP contribution in [0.4, 0.5) is 0 Å². The van der Waals surface area contributed by atoms with Gasteiger partial charge in [0, 0.05) is 50.2 Å². The van der Waals surface area contributed by atoms with Crippen LogP contribution in [0.3, 0.4) is 0 Å². The predicted octanol–water partition coefficient (Wildman–Crippen LogP) is 5.73. The van der Waals surface area contributed by atoms with Gasteiger partial charge in [0.15, 0.2) is 0 Å². The van der Waals surface area contributed by atoms with Crippen molar-refractivity contribution < 1.29 is 9.59 Å². The van der Waals surface area contributed by atoms with Crippen molar-refractivity contribution in [1.82, 2.24) is 15.5 Å². The van der Waals surface area contributed by atoms with E-state index in [9.17, 15) is 9.59 Å². The minimum atomic E-state index is 0.0418. The molecular formula is C28H51N3O2S. The lowest BCUT2D eigenvalue weighted by Crippen LogP contribution is -2.47. The third-order valence-corrected chi connectivity index (χ3v) is 9.78. The Morgan fingerprint density at radius 1 is 0.941 bits per heavy atom. The van der Waals surface area contributed by atoms with Crippen molar-refractivity contribution in [2.24, 2.45) is 17.3 Å². The zero-order valence-electron chi connectivity index (χ0n) is 22.4. The molecule has 4 unspecified atom stereocenters. The zero-order valence-corrected chi connectivity index (χ0v) is 23.2. The molecular weight excluding hydrogens is 442 g/mol. The fourth-order valence-electron chi connectivity index (χ4n) is 6.17. The molecule has 0 aromatic carbocycles. The Bertz CT molecular complexity index is 640. The molecule has 1 saturated carbocycles. The van der Waals surface area contributed by atoms with Crippen LogP contribution in [-0.4, -0.2) is 53.0 Å². The topological polar surface area (TPSA) is 61.4 Å². The lowest BCUT2D eigenvalue weighted by Gasteiger charge is -2.37. The normalized spacial score (nSPS) is 30.2. The fourth-order valence-corrected chi connectivity index (χ4v) is 8.10. The number of piperidine rings is 1. The summed E-state index contributed by atoms with van der Waals surface area (Å²) in [4.78, 5) is 26.6. The van der Waals surface area contributed by atoms with Crippen molar-refractivity contribution in [3.63, 3.8) is 0 Å². The maximum Gasteiger partial charge on any atom is 0.223 e. The van der Waals surface area contributed by atoms with Gasteiger partial charge >= 0.3 is 0 Å². The van der Waals surface area contributed by atoms with Gasteiger partial charge in [0.2, 0.25) is 11.8 Å². The SMILES string of the molecule is CC(=O)NCCC1NC(C2CCCN(C(=O)CC(C)(C)C)C2)SC1C1CCCCCCCCC1. The highest BCUT2D eigenvalue weighted by Crippen LogP contribution is 2.43. The first kappa shape index (κ1) is 27.8. The summed E-state index contributed by atoms with van der Waals surface area (Å²) in [5, 5.41) is 8.11. The van der Waals surface area contributed by atoms with Gasteiger partial charge in [0.25, 0.3) is 0 Å². The minimum Gasteiger partial charge on any atom is -0.356 e. The predicted molar refractivity (Wildman–Crippen MR) is 144 cm³/mol. The monoisotopic (exact) mass is 493 g/mol. The fraction of sp³-hybridized carbons (Fsp3) is 0.929. The first-order valence-corrected chi connectivity index (χ1v) is 15.1. The first-order chi connectivity index (χ1) is 16.2. The van der Waals surface area contributed by atoms with E-state index in [0.29, 0.717) is 34.9 Å². The largest absolute Gasteiger partial charge is 0.356 e. The minimum absolute atomic E-state index is 0.0418. The van der Waals surface area contributed by atoms with E-state index < -0.39 is 0 Å². The zero-order chi connectivity index (χ0) is 24.6. The molecule has 4 atom stereocenters. The average Bonchev–Trinajstić information content (AvgIpc) is 3.20. The molecule has 5 nitrogen and oxygen atoms in total. The van der Waals surface area contributed by atoms with Gasteiger partial charge in [-0.25, -0.2) is 0 Å². The number of rotatable bonds is 6. The number of amides is 2. The Kier molecular flexibility index (Phi) is 11.1. The molecule has 1 aliphatic carbocycles. The molecule has 0 aromatic rings. The highest BCUT2D eigenvalue weighted by Gasteiger charge is 2.42. The van der Waals surface area contributed by atoms with Crippen molar-refractivity contribution in [2.45, 2.75) is 128 Å². The molecule has 2 aliphatic heterocycles. The second-order valence-electron chi connectivity index (χ2n) is 12.4. The maximum absolute atomic E-state index is 12.9. The second-order valence-corrected chi connectivity index (χ2v) is 13.7. The van der Waals surface area contributed by atoms with Crippen molar-refractivity contribution in [2.75, 3.05) is 19.6 Å². The van der Waals surface area contributed by atoms with Gasteiger partial charge in [-0.15, -0.1) is 11.8 Å². The number of carbonyl (C=O) groups excluding carboxylic acids is 2. The molecule has 2 saturated heterocycles. The Morgan fingerprint density at radius 3 is 2.18 bits per heavy atom. The van der Waals surface area contributed by atoms with Gasteiger partial charge in [-0.1, -0.05) is 65.7 Å². The number of nitrogens with zero attached hydrogens (tertiary/aromatic N) is 1. The molecule has 0 aromatic heterocycles. The number of nitrogens with one attached hydrogen (secondary N) is 2. The summed E-state index contributed by atoms with van der Waals surface area (Å²) >= 11 is 2.18. The molecule has 34 heavy (non-hydrogen) atoms. The van der Waals surface area contributed by atoms with Crippen LogP contribution in [0.5, 0.6) is 0 Å². The quantitative estimate of drug-likeness (QED) is 0.496. The van der Waals surface area contributed by atoms with E-state index in [4.69, 9.17) is 0 Å². The van der Waals surface area contributed by atoms with Gasteiger partial charge in [0.1, 0.15) is 0 Å². The van der Waals surface area contributed by atoms with E-state index in [0.717, 1.165) is 38.4 Å². The van der Waals surface area contributed by atoms with E-state index in [-0.39, 0.29) is 11.3 Å². The molecule has 3 rings (SSSR count). The third kappa shape index (κ3) is 9.04. The van der Waals surface area contributed by atoms with E-state index in [1.54, 1.807) is 6.92 Å². The highest BCUT2D eigenvalue weighted by atomic mass is 32.2. The molecule has 2 N–H and O–H groups in total. The molecule has 196 valence electrons. The summed E-state index contributed by atoms with van der Waals surface area (Å²) in [6.07, 6.45) is 16.4. The number of hydrogen-bond acceptors (Lipinski definition) is 4. The Balaban J connectivity index is 1.65. The van der Waals surface area contributed by atoms with Crippen molar-refractivity contribution in [3.05, 3.63) is 0 Å². The van der Waals surface area contributed by atoms with E-state index >= 15 is 0 Å². The van der Waals surface area contributed by atoms with Crippen LogP contribution in [0.1, 0.15) is 111 Å². The van der Waals surface area contributed by atoms with Crippen molar-refractivity contribution >= 4 is 23.6 Å². The smallest absolute Gasteiger partial charge is 0.223 e. The number of likely N-dealkylation sites (tertiary alicyclic amines) is 1. The summed E-state index contributed by atoms with van der Waals surface area (Å²) in [5.74, 6) is 1.68. The Hall–Kier alpha value is -0.750. The van der Waals surface area contributed by atoms with E-state index in [1.165, 1.54) is 64.2 Å². The van der Waals surface area contributed by atoms with Crippen LogP contribution in [0.25, 0.3) is 0 Å². The molecule has 0 bridgehead atoms. The molecule has 3 fully saturated rings. The Labute approximate surface area is 213 Å². The van der Waals surface area contributed by atoms with Crippen LogP contribution < -0.4 is 10.6 Å². The van der Waals surface area contributed by atoms with Gasteiger partial charge in [-0.2, -0.15) is 0 Å². The molecule has 2 amide bonds. The Morgan fingerprint density at radius 2 is 1.56 bits per heavy atom. The van der Waals surface area contributed by atoms with E-state index in [2.05, 4.69) is 48.1 Å². The number of hydrogen-bond donors (Lipinski definition) is 2. The van der Waals surface area contributed by atoms with Crippen LogP contribution in [0.15, 0.2) is 0 Å². The van der Waals surface area contributed by atoms with Gasteiger partial charge < -0.3 is 15.5 Å².